The Morgan fingerprint density at radius 2 is 1.64 bits per heavy atom. The van der Waals surface area contributed by atoms with Crippen molar-refractivity contribution in [2.45, 2.75) is 25.5 Å². The first kappa shape index (κ1) is 20.1. The molecule has 2 aromatic carbocycles. The summed E-state index contributed by atoms with van der Waals surface area (Å²) in [5, 5.41) is 8.53. The number of carboxylic acid groups (broad SMARTS) is 1. The molecule has 5 nitrogen and oxygen atoms in total. The minimum Gasteiger partial charge on any atom is -0.480 e. The average molecular weight is 341 g/mol. The lowest BCUT2D eigenvalue weighted by atomic mass is 10.2. The van der Waals surface area contributed by atoms with E-state index in [1.807, 2.05) is 66.7 Å². The molecule has 0 aromatic heterocycles. The highest BCUT2D eigenvalue weighted by atomic mass is 16.5. The molecule has 0 saturated heterocycles. The van der Waals surface area contributed by atoms with E-state index >= 15 is 0 Å². The molecule has 0 spiro atoms. The zero-order chi connectivity index (χ0) is 18.5. The van der Waals surface area contributed by atoms with Crippen molar-refractivity contribution < 1.29 is 19.4 Å². The van der Waals surface area contributed by atoms with E-state index in [0.717, 1.165) is 5.56 Å². The molecule has 0 heterocycles. The minimum atomic E-state index is -1.11. The third-order valence-corrected chi connectivity index (χ3v) is 3.25. The molecule has 3 N–H and O–H groups in total. The summed E-state index contributed by atoms with van der Waals surface area (Å²) in [7, 11) is 0. The van der Waals surface area contributed by atoms with Crippen LogP contribution in [0.3, 0.4) is 0 Å². The van der Waals surface area contributed by atoms with Gasteiger partial charge in [0, 0.05) is 6.42 Å². The lowest BCUT2D eigenvalue weighted by molar-refractivity contribution is -0.145. The van der Waals surface area contributed by atoms with Gasteiger partial charge in [0.05, 0.1) is 0 Å². The Labute approximate surface area is 147 Å². The molecule has 0 bridgehead atoms. The van der Waals surface area contributed by atoms with Crippen LogP contribution < -0.4 is 5.73 Å². The number of carbonyl (C=O) groups excluding carboxylic acids is 1. The standard InChI is InChI=1S/C12H15NO4.C8H8/c13-10(12(15)16)6-7-11(14)17-8-9-4-2-1-3-5-9;1-2-8-6-4-3-5-7-8/h1-5,10H,6-8,13H2,(H,15,16);2-7H,1H2/t10-;/m0./s1. The molecule has 0 fully saturated rings. The van der Waals surface area contributed by atoms with Gasteiger partial charge in [0.25, 0.3) is 0 Å². The lowest BCUT2D eigenvalue weighted by Gasteiger charge is -2.07. The summed E-state index contributed by atoms with van der Waals surface area (Å²) < 4.78 is 4.97. The van der Waals surface area contributed by atoms with E-state index in [1.165, 1.54) is 5.56 Å². The van der Waals surface area contributed by atoms with Gasteiger partial charge >= 0.3 is 11.9 Å². The van der Waals surface area contributed by atoms with E-state index < -0.39 is 18.0 Å². The van der Waals surface area contributed by atoms with Gasteiger partial charge in [-0.05, 0) is 17.5 Å². The Morgan fingerprint density at radius 3 is 2.12 bits per heavy atom. The third kappa shape index (κ3) is 9.07. The van der Waals surface area contributed by atoms with E-state index in [4.69, 9.17) is 15.6 Å². The first-order valence-corrected chi connectivity index (χ1v) is 7.88. The summed E-state index contributed by atoms with van der Waals surface area (Å²) in [6.07, 6.45) is 1.93. The highest BCUT2D eigenvalue weighted by molar-refractivity contribution is 5.75. The number of rotatable bonds is 7. The zero-order valence-electron chi connectivity index (χ0n) is 14.0. The number of hydrogen-bond acceptors (Lipinski definition) is 4. The van der Waals surface area contributed by atoms with Crippen LogP contribution in [-0.4, -0.2) is 23.1 Å². The predicted octanol–water partition coefficient (Wildman–Crippen LogP) is 3.25. The highest BCUT2D eigenvalue weighted by Crippen LogP contribution is 2.03. The van der Waals surface area contributed by atoms with Gasteiger partial charge < -0.3 is 15.6 Å². The monoisotopic (exact) mass is 341 g/mol. The molecule has 25 heavy (non-hydrogen) atoms. The van der Waals surface area contributed by atoms with Gasteiger partial charge in [-0.25, -0.2) is 0 Å². The second-order valence-corrected chi connectivity index (χ2v) is 5.24. The molecule has 2 rings (SSSR count). The van der Waals surface area contributed by atoms with E-state index in [2.05, 4.69) is 6.58 Å². The first-order chi connectivity index (χ1) is 12.0. The zero-order valence-corrected chi connectivity index (χ0v) is 14.0. The van der Waals surface area contributed by atoms with Crippen molar-refractivity contribution in [2.24, 2.45) is 5.73 Å². The van der Waals surface area contributed by atoms with Gasteiger partial charge in [0.1, 0.15) is 12.6 Å². The van der Waals surface area contributed by atoms with Gasteiger partial charge in [-0.1, -0.05) is 73.3 Å². The maximum Gasteiger partial charge on any atom is 0.320 e. The number of carboxylic acids is 1. The molecule has 0 aliphatic rings. The quantitative estimate of drug-likeness (QED) is 0.755. The van der Waals surface area contributed by atoms with Crippen molar-refractivity contribution in [1.29, 1.82) is 0 Å². The summed E-state index contributed by atoms with van der Waals surface area (Å²) in [4.78, 5) is 21.7. The van der Waals surface area contributed by atoms with Crippen LogP contribution in [-0.2, 0) is 20.9 Å². The topological polar surface area (TPSA) is 89.6 Å². The van der Waals surface area contributed by atoms with Crippen molar-refractivity contribution >= 4 is 18.0 Å². The van der Waals surface area contributed by atoms with Gasteiger partial charge in [-0.15, -0.1) is 0 Å². The maximum atomic E-state index is 11.3. The largest absolute Gasteiger partial charge is 0.480 e. The summed E-state index contributed by atoms with van der Waals surface area (Å²) >= 11 is 0. The lowest BCUT2D eigenvalue weighted by Crippen LogP contribution is -2.30. The molecule has 1 atom stereocenters. The van der Waals surface area contributed by atoms with Gasteiger partial charge in [0.15, 0.2) is 0 Å². The summed E-state index contributed by atoms with van der Waals surface area (Å²) in [6, 6.07) is 18.3. The van der Waals surface area contributed by atoms with Crippen molar-refractivity contribution in [3.05, 3.63) is 78.4 Å². The average Bonchev–Trinajstić information content (AvgIpc) is 2.66. The summed E-state index contributed by atoms with van der Waals surface area (Å²) in [6.45, 7) is 3.83. The predicted molar refractivity (Wildman–Crippen MR) is 97.6 cm³/mol. The fourth-order valence-corrected chi connectivity index (χ4v) is 1.80. The molecule has 0 radical (unpaired) electrons. The summed E-state index contributed by atoms with van der Waals surface area (Å²) in [5.41, 5.74) is 7.33. The molecular weight excluding hydrogens is 318 g/mol. The van der Waals surface area contributed by atoms with Crippen molar-refractivity contribution in [3.8, 4) is 0 Å². The van der Waals surface area contributed by atoms with E-state index in [-0.39, 0.29) is 19.4 Å². The summed E-state index contributed by atoms with van der Waals surface area (Å²) in [5.74, 6) is -1.55. The van der Waals surface area contributed by atoms with Crippen LogP contribution in [0.25, 0.3) is 6.08 Å². The van der Waals surface area contributed by atoms with Crippen LogP contribution in [0.5, 0.6) is 0 Å². The minimum absolute atomic E-state index is 0.0142. The molecule has 132 valence electrons. The number of esters is 1. The molecule has 5 heteroatoms. The van der Waals surface area contributed by atoms with Crippen LogP contribution in [0.15, 0.2) is 67.2 Å². The molecule has 0 saturated carbocycles. The van der Waals surface area contributed by atoms with E-state index in [1.54, 1.807) is 0 Å². The third-order valence-electron chi connectivity index (χ3n) is 3.25. The maximum absolute atomic E-state index is 11.3. The Kier molecular flexibility index (Phi) is 9.33. The molecular formula is C20H23NO4. The number of benzene rings is 2. The normalized spacial score (nSPS) is 10.8. The van der Waals surface area contributed by atoms with Crippen LogP contribution in [0.4, 0.5) is 0 Å². The fraction of sp³-hybridized carbons (Fsp3) is 0.200. The van der Waals surface area contributed by atoms with Crippen molar-refractivity contribution in [1.82, 2.24) is 0 Å². The molecule has 0 amide bonds. The van der Waals surface area contributed by atoms with Gasteiger partial charge in [0.2, 0.25) is 0 Å². The molecule has 0 unspecified atom stereocenters. The number of carbonyl (C=O) groups is 2. The SMILES string of the molecule is C=Cc1ccccc1.N[C@@H](CCC(=O)OCc1ccccc1)C(=O)O. The van der Waals surface area contributed by atoms with Gasteiger partial charge in [-0.2, -0.15) is 0 Å². The van der Waals surface area contributed by atoms with Crippen molar-refractivity contribution in [2.75, 3.05) is 0 Å². The Hall–Kier alpha value is -2.92. The molecule has 0 aliphatic heterocycles. The number of nitrogens with two attached hydrogens (primary N) is 1. The second kappa shape index (κ2) is 11.6. The van der Waals surface area contributed by atoms with Gasteiger partial charge in [-0.3, -0.25) is 9.59 Å². The fourth-order valence-electron chi connectivity index (χ4n) is 1.80. The van der Waals surface area contributed by atoms with Crippen LogP contribution in [0, 0.1) is 0 Å². The number of ether oxygens (including phenoxy) is 1. The van der Waals surface area contributed by atoms with E-state index in [0.29, 0.717) is 0 Å². The van der Waals surface area contributed by atoms with Crippen molar-refractivity contribution in [3.63, 3.8) is 0 Å². The Morgan fingerprint density at radius 1 is 1.08 bits per heavy atom. The smallest absolute Gasteiger partial charge is 0.320 e. The van der Waals surface area contributed by atoms with E-state index in [9.17, 15) is 9.59 Å². The number of aliphatic carboxylic acids is 1. The first-order valence-electron chi connectivity index (χ1n) is 7.88. The van der Waals surface area contributed by atoms with Crippen LogP contribution in [0.1, 0.15) is 24.0 Å². The number of hydrogen-bond donors (Lipinski definition) is 2. The van der Waals surface area contributed by atoms with Crippen LogP contribution >= 0.6 is 0 Å². The van der Waals surface area contributed by atoms with Crippen LogP contribution in [0.2, 0.25) is 0 Å². The highest BCUT2D eigenvalue weighted by Gasteiger charge is 2.14. The molecule has 0 aliphatic carbocycles. The second-order valence-electron chi connectivity index (χ2n) is 5.24. The molecule has 2 aromatic rings. The Bertz CT molecular complexity index is 656. The Balaban J connectivity index is 0.000000324.